The van der Waals surface area contributed by atoms with Gasteiger partial charge in [-0.2, -0.15) is 4.98 Å². The quantitative estimate of drug-likeness (QED) is 0.884. The Morgan fingerprint density at radius 1 is 1.32 bits per heavy atom. The zero-order valence-corrected chi connectivity index (χ0v) is 11.9. The third-order valence-corrected chi connectivity index (χ3v) is 3.52. The molecule has 0 atom stereocenters. The molecule has 1 aliphatic rings. The van der Waals surface area contributed by atoms with E-state index >= 15 is 0 Å². The fourth-order valence-corrected chi connectivity index (χ4v) is 2.53. The van der Waals surface area contributed by atoms with Crippen molar-refractivity contribution in [3.63, 3.8) is 0 Å². The molecule has 22 heavy (non-hydrogen) atoms. The molecule has 0 saturated carbocycles. The lowest BCUT2D eigenvalue weighted by atomic mass is 10.1. The van der Waals surface area contributed by atoms with E-state index in [0.717, 1.165) is 30.5 Å². The minimum Gasteiger partial charge on any atom is -0.465 e. The first-order chi connectivity index (χ1) is 10.6. The first-order valence-corrected chi connectivity index (χ1v) is 7.03. The number of carbonyl (C=O) groups is 1. The fourth-order valence-electron chi connectivity index (χ4n) is 2.53. The second-order valence-corrected chi connectivity index (χ2v) is 5.04. The van der Waals surface area contributed by atoms with E-state index in [1.165, 1.54) is 11.1 Å². The zero-order valence-electron chi connectivity index (χ0n) is 11.9. The van der Waals surface area contributed by atoms with E-state index in [1.54, 1.807) is 18.2 Å². The van der Waals surface area contributed by atoms with Crippen molar-refractivity contribution in [1.82, 2.24) is 9.97 Å². The van der Waals surface area contributed by atoms with Crippen LogP contribution in [0.2, 0.25) is 0 Å². The molecule has 0 spiro atoms. The lowest BCUT2D eigenvalue weighted by Gasteiger charge is -2.19. The number of anilines is 2. The van der Waals surface area contributed by atoms with E-state index in [2.05, 4.69) is 9.97 Å². The van der Waals surface area contributed by atoms with E-state index in [-0.39, 0.29) is 5.95 Å². The van der Waals surface area contributed by atoms with Crippen LogP contribution in [-0.4, -0.2) is 27.7 Å². The number of aromatic nitrogens is 2. The first kappa shape index (κ1) is 14.1. The number of carboxylic acid groups (broad SMARTS) is 1. The second kappa shape index (κ2) is 5.88. The van der Waals surface area contributed by atoms with Gasteiger partial charge in [0, 0.05) is 18.8 Å². The molecule has 0 fully saturated rings. The van der Waals surface area contributed by atoms with Gasteiger partial charge in [-0.1, -0.05) is 0 Å². The van der Waals surface area contributed by atoms with Gasteiger partial charge < -0.3 is 15.6 Å². The van der Waals surface area contributed by atoms with Gasteiger partial charge in [-0.3, -0.25) is 4.90 Å². The number of ether oxygens (including phenoxy) is 1. The maximum Gasteiger partial charge on any atom is 0.411 e. The molecule has 1 aliphatic heterocycles. The molecule has 1 amide bonds. The number of aryl methyl sites for hydroxylation is 1. The molecular weight excluding hydrogens is 284 g/mol. The molecule has 0 unspecified atom stereocenters. The summed E-state index contributed by atoms with van der Waals surface area (Å²) in [6.45, 7) is 0.519. The summed E-state index contributed by atoms with van der Waals surface area (Å²) in [6, 6.07) is 6.98. The molecule has 7 nitrogen and oxygen atoms in total. The molecule has 0 radical (unpaired) electrons. The molecular formula is C15H16N4O3. The Labute approximate surface area is 127 Å². The molecule has 3 rings (SSSR count). The largest absolute Gasteiger partial charge is 0.465 e. The van der Waals surface area contributed by atoms with Crippen LogP contribution in [0.1, 0.15) is 18.4 Å². The van der Waals surface area contributed by atoms with Crippen molar-refractivity contribution in [1.29, 1.82) is 0 Å². The summed E-state index contributed by atoms with van der Waals surface area (Å²) in [7, 11) is 0. The topological polar surface area (TPSA) is 102 Å². The first-order valence-electron chi connectivity index (χ1n) is 7.03. The van der Waals surface area contributed by atoms with Crippen LogP contribution in [0.3, 0.4) is 0 Å². The van der Waals surface area contributed by atoms with Crippen LogP contribution in [0, 0.1) is 0 Å². The van der Waals surface area contributed by atoms with E-state index < -0.39 is 6.09 Å². The van der Waals surface area contributed by atoms with Gasteiger partial charge in [-0.15, -0.1) is 0 Å². The monoisotopic (exact) mass is 300 g/mol. The van der Waals surface area contributed by atoms with Crippen molar-refractivity contribution in [2.75, 3.05) is 17.2 Å². The molecule has 114 valence electrons. The Bertz CT molecular complexity index is 705. The van der Waals surface area contributed by atoms with Gasteiger partial charge in [0.05, 0.1) is 5.69 Å². The van der Waals surface area contributed by atoms with Crippen LogP contribution in [0.5, 0.6) is 11.6 Å². The predicted molar refractivity (Wildman–Crippen MR) is 81.3 cm³/mol. The molecule has 0 bridgehead atoms. The van der Waals surface area contributed by atoms with Crippen LogP contribution < -0.4 is 15.4 Å². The maximum atomic E-state index is 11.3. The number of hydrogen-bond acceptors (Lipinski definition) is 5. The van der Waals surface area contributed by atoms with Crippen molar-refractivity contribution >= 4 is 17.7 Å². The summed E-state index contributed by atoms with van der Waals surface area (Å²) < 4.78 is 5.66. The van der Waals surface area contributed by atoms with Crippen LogP contribution in [0.25, 0.3) is 0 Å². The van der Waals surface area contributed by atoms with Crippen LogP contribution in [-0.2, 0) is 6.42 Å². The number of hydrogen-bond donors (Lipinski definition) is 2. The smallest absolute Gasteiger partial charge is 0.411 e. The number of benzene rings is 1. The Kier molecular flexibility index (Phi) is 3.78. The molecule has 0 saturated heterocycles. The molecule has 1 aromatic carbocycles. The number of nitrogen functional groups attached to an aromatic ring is 1. The minimum absolute atomic E-state index is 0.143. The summed E-state index contributed by atoms with van der Waals surface area (Å²) in [5, 5.41) is 9.31. The average Bonchev–Trinajstić information content (AvgIpc) is 2.69. The molecule has 2 aromatic rings. The summed E-state index contributed by atoms with van der Waals surface area (Å²) in [6.07, 6.45) is 3.20. The van der Waals surface area contributed by atoms with Gasteiger partial charge in [-0.05, 0) is 43.0 Å². The van der Waals surface area contributed by atoms with Gasteiger partial charge in [-0.25, -0.2) is 9.78 Å². The maximum absolute atomic E-state index is 11.3. The van der Waals surface area contributed by atoms with Gasteiger partial charge >= 0.3 is 6.09 Å². The molecule has 2 heterocycles. The van der Waals surface area contributed by atoms with Crippen molar-refractivity contribution < 1.29 is 14.6 Å². The predicted octanol–water partition coefficient (Wildman–Crippen LogP) is 2.67. The lowest BCUT2D eigenvalue weighted by molar-refractivity contribution is 0.202. The molecule has 0 aliphatic carbocycles. The zero-order chi connectivity index (χ0) is 15.5. The summed E-state index contributed by atoms with van der Waals surface area (Å²) >= 11 is 0. The highest BCUT2D eigenvalue weighted by Crippen LogP contribution is 2.31. The lowest BCUT2D eigenvalue weighted by Crippen LogP contribution is -2.29. The normalized spacial score (nSPS) is 14.1. The van der Waals surface area contributed by atoms with Gasteiger partial charge in [0.15, 0.2) is 0 Å². The molecule has 3 N–H and O–H groups in total. The van der Waals surface area contributed by atoms with Crippen LogP contribution in [0.15, 0.2) is 30.5 Å². The number of nitrogens with two attached hydrogens (primary N) is 1. The van der Waals surface area contributed by atoms with Crippen molar-refractivity contribution in [3.05, 3.63) is 36.0 Å². The third kappa shape index (κ3) is 2.93. The van der Waals surface area contributed by atoms with Gasteiger partial charge in [0.25, 0.3) is 0 Å². The van der Waals surface area contributed by atoms with Crippen molar-refractivity contribution in [2.24, 2.45) is 0 Å². The Hall–Kier alpha value is -2.83. The second-order valence-electron chi connectivity index (χ2n) is 5.04. The standard InChI is InChI=1S/C15H16N4O3/c16-14-17-7-6-13(18-14)22-11-4-5-12-10(9-11)3-1-2-8-19(12)15(20)21/h4-7,9H,1-3,8H2,(H,20,21)(H2,16,17,18). The van der Waals surface area contributed by atoms with E-state index in [9.17, 15) is 9.90 Å². The summed E-state index contributed by atoms with van der Waals surface area (Å²) in [5.74, 6) is 1.10. The average molecular weight is 300 g/mol. The number of amides is 1. The van der Waals surface area contributed by atoms with Crippen LogP contribution >= 0.6 is 0 Å². The fraction of sp³-hybridized carbons (Fsp3) is 0.267. The SMILES string of the molecule is Nc1nccc(Oc2ccc3c(c2)CCCCN3C(=O)O)n1. The summed E-state index contributed by atoms with van der Waals surface area (Å²) in [5.41, 5.74) is 7.20. The summed E-state index contributed by atoms with van der Waals surface area (Å²) in [4.78, 5) is 20.5. The molecule has 1 aromatic heterocycles. The van der Waals surface area contributed by atoms with E-state index in [0.29, 0.717) is 18.2 Å². The van der Waals surface area contributed by atoms with Crippen molar-refractivity contribution in [3.8, 4) is 11.6 Å². The highest BCUT2D eigenvalue weighted by molar-refractivity contribution is 5.87. The minimum atomic E-state index is -0.930. The van der Waals surface area contributed by atoms with E-state index in [1.807, 2.05) is 6.07 Å². The number of fused-ring (bicyclic) bond motifs is 1. The Morgan fingerprint density at radius 3 is 2.95 bits per heavy atom. The van der Waals surface area contributed by atoms with E-state index in [4.69, 9.17) is 10.5 Å². The highest BCUT2D eigenvalue weighted by atomic mass is 16.5. The number of rotatable bonds is 2. The third-order valence-electron chi connectivity index (χ3n) is 3.52. The Morgan fingerprint density at radius 2 is 2.18 bits per heavy atom. The number of nitrogens with zero attached hydrogens (tertiary/aromatic N) is 3. The van der Waals surface area contributed by atoms with Gasteiger partial charge in [0.1, 0.15) is 5.75 Å². The Balaban J connectivity index is 1.89. The van der Waals surface area contributed by atoms with Gasteiger partial charge in [0.2, 0.25) is 11.8 Å². The molecule has 7 heteroatoms. The highest BCUT2D eigenvalue weighted by Gasteiger charge is 2.20. The van der Waals surface area contributed by atoms with Crippen molar-refractivity contribution in [2.45, 2.75) is 19.3 Å². The van der Waals surface area contributed by atoms with Crippen LogP contribution in [0.4, 0.5) is 16.4 Å².